The second-order valence-electron chi connectivity index (χ2n) is 7.72. The monoisotopic (exact) mass is 427 g/mol. The molecule has 5 heteroatoms. The smallest absolute Gasteiger partial charge is 0.0726 e. The molecule has 0 atom stereocenters. The third kappa shape index (κ3) is 5.30. The molecule has 3 aromatic rings. The lowest BCUT2D eigenvalue weighted by Gasteiger charge is -2.15. The van der Waals surface area contributed by atoms with Crippen LogP contribution in [0.1, 0.15) is 23.2 Å². The Bertz CT molecular complexity index is 968. The van der Waals surface area contributed by atoms with Gasteiger partial charge in [-0.3, -0.25) is 4.98 Å². The molecule has 0 saturated carbocycles. The van der Waals surface area contributed by atoms with Gasteiger partial charge in [0.2, 0.25) is 0 Å². The van der Waals surface area contributed by atoms with E-state index in [-0.39, 0.29) is 12.4 Å². The Morgan fingerprint density at radius 3 is 2.55 bits per heavy atom. The summed E-state index contributed by atoms with van der Waals surface area (Å²) in [6, 6.07) is 18.9. The zero-order valence-electron chi connectivity index (χ0n) is 16.9. The highest BCUT2D eigenvalue weighted by atomic mass is 35.5. The van der Waals surface area contributed by atoms with E-state index in [0.29, 0.717) is 0 Å². The highest BCUT2D eigenvalue weighted by molar-refractivity contribution is 6.30. The maximum Gasteiger partial charge on any atom is 0.0726 e. The van der Waals surface area contributed by atoms with Gasteiger partial charge in [0.15, 0.2) is 0 Å². The Morgan fingerprint density at radius 2 is 1.83 bits per heavy atom. The number of aryl methyl sites for hydroxylation is 1. The molecule has 1 aliphatic carbocycles. The molecular weight excluding hydrogens is 401 g/mol. The van der Waals surface area contributed by atoms with Crippen LogP contribution in [0.3, 0.4) is 0 Å². The highest BCUT2D eigenvalue weighted by Crippen LogP contribution is 2.34. The van der Waals surface area contributed by atoms with E-state index in [1.54, 1.807) is 0 Å². The van der Waals surface area contributed by atoms with Gasteiger partial charge >= 0.3 is 0 Å². The molecule has 1 aliphatic rings. The predicted molar refractivity (Wildman–Crippen MR) is 126 cm³/mol. The van der Waals surface area contributed by atoms with Crippen molar-refractivity contribution in [3.05, 3.63) is 76.4 Å². The van der Waals surface area contributed by atoms with Crippen molar-refractivity contribution in [1.82, 2.24) is 9.88 Å². The number of rotatable bonds is 6. The van der Waals surface area contributed by atoms with Crippen LogP contribution < -0.4 is 5.32 Å². The molecule has 0 fully saturated rings. The Balaban J connectivity index is 0.00000240. The first-order chi connectivity index (χ1) is 13.6. The van der Waals surface area contributed by atoms with Crippen LogP contribution in [0, 0.1) is 0 Å². The van der Waals surface area contributed by atoms with Crippen LogP contribution in [0.4, 0.5) is 11.4 Å². The second kappa shape index (κ2) is 9.62. The number of hydrogen-bond acceptors (Lipinski definition) is 3. The summed E-state index contributed by atoms with van der Waals surface area (Å²) in [5.74, 6) is 0. The molecule has 0 aliphatic heterocycles. The van der Waals surface area contributed by atoms with E-state index in [4.69, 9.17) is 16.6 Å². The number of nitrogens with one attached hydrogen (secondary N) is 1. The molecule has 29 heavy (non-hydrogen) atoms. The quantitative estimate of drug-likeness (QED) is 0.510. The van der Waals surface area contributed by atoms with Gasteiger partial charge in [-0.2, -0.15) is 0 Å². The molecule has 0 amide bonds. The van der Waals surface area contributed by atoms with Gasteiger partial charge in [0, 0.05) is 34.2 Å². The average Bonchev–Trinajstić information content (AvgIpc) is 3.16. The Hall–Kier alpha value is -2.07. The van der Waals surface area contributed by atoms with Crippen LogP contribution in [0.25, 0.3) is 11.3 Å². The van der Waals surface area contributed by atoms with Crippen LogP contribution in [-0.2, 0) is 19.3 Å². The third-order valence-corrected chi connectivity index (χ3v) is 5.49. The van der Waals surface area contributed by atoms with Gasteiger partial charge in [-0.05, 0) is 81.2 Å². The molecule has 3 nitrogen and oxygen atoms in total. The summed E-state index contributed by atoms with van der Waals surface area (Å²) in [4.78, 5) is 7.13. The maximum absolute atomic E-state index is 6.20. The predicted octanol–water partition coefficient (Wildman–Crippen LogP) is 6.16. The fourth-order valence-electron chi connectivity index (χ4n) is 3.71. The van der Waals surface area contributed by atoms with Crippen molar-refractivity contribution in [3.63, 3.8) is 0 Å². The zero-order valence-corrected chi connectivity index (χ0v) is 18.5. The van der Waals surface area contributed by atoms with Crippen molar-refractivity contribution in [3.8, 4) is 11.3 Å². The number of fused-ring (bicyclic) bond motifs is 1. The van der Waals surface area contributed by atoms with Crippen molar-refractivity contribution in [1.29, 1.82) is 0 Å². The lowest BCUT2D eigenvalue weighted by molar-refractivity contribution is 0.413. The number of benzene rings is 2. The van der Waals surface area contributed by atoms with Gasteiger partial charge in [0.25, 0.3) is 0 Å². The van der Waals surface area contributed by atoms with Gasteiger partial charge in [-0.25, -0.2) is 0 Å². The third-order valence-electron chi connectivity index (χ3n) is 5.25. The summed E-state index contributed by atoms with van der Waals surface area (Å²) in [5, 5.41) is 4.38. The molecule has 0 unspecified atom stereocenters. The van der Waals surface area contributed by atoms with Crippen LogP contribution in [0.5, 0.6) is 0 Å². The first kappa shape index (κ1) is 21.6. The summed E-state index contributed by atoms with van der Waals surface area (Å²) in [5.41, 5.74) is 8.24. The fraction of sp³-hybridized carbons (Fsp3) is 0.292. The lowest BCUT2D eigenvalue weighted by atomic mass is 10.1. The number of aromatic nitrogens is 1. The molecule has 4 rings (SSSR count). The van der Waals surface area contributed by atoms with E-state index in [9.17, 15) is 0 Å². The highest BCUT2D eigenvalue weighted by Gasteiger charge is 2.19. The van der Waals surface area contributed by atoms with Gasteiger partial charge in [-0.15, -0.1) is 12.4 Å². The second-order valence-corrected chi connectivity index (χ2v) is 8.16. The fourth-order valence-corrected chi connectivity index (χ4v) is 3.90. The topological polar surface area (TPSA) is 28.2 Å². The largest absolute Gasteiger partial charge is 0.355 e. The summed E-state index contributed by atoms with van der Waals surface area (Å²) in [6.07, 6.45) is 4.36. The minimum absolute atomic E-state index is 0. The van der Waals surface area contributed by atoms with Crippen LogP contribution in [0.15, 0.2) is 54.6 Å². The Morgan fingerprint density at radius 1 is 1.03 bits per heavy atom. The molecule has 0 spiro atoms. The molecule has 1 heterocycles. The van der Waals surface area contributed by atoms with Crippen molar-refractivity contribution >= 4 is 35.4 Å². The SMILES string of the molecule is CN(C)CCc1ccc(Nc2cc(-c3cccc(Cl)c3)nc3c2CCC3)cc1.Cl. The zero-order chi connectivity index (χ0) is 19.5. The Kier molecular flexibility index (Phi) is 7.18. The first-order valence-electron chi connectivity index (χ1n) is 9.88. The van der Waals surface area contributed by atoms with Crippen molar-refractivity contribution < 1.29 is 0 Å². The molecule has 2 aromatic carbocycles. The number of hydrogen-bond donors (Lipinski definition) is 1. The van der Waals surface area contributed by atoms with E-state index >= 15 is 0 Å². The van der Waals surface area contributed by atoms with E-state index in [0.717, 1.165) is 47.8 Å². The van der Waals surface area contributed by atoms with Crippen LogP contribution in [0.2, 0.25) is 5.02 Å². The first-order valence-corrected chi connectivity index (χ1v) is 10.3. The standard InChI is InChI=1S/C24H26ClN3.ClH/c1-28(2)14-13-17-9-11-20(12-10-17)26-24-16-23(18-5-3-6-19(25)15-18)27-22-8-4-7-21(22)24;/h3,5-6,9-12,15-16H,4,7-8,13-14H2,1-2H3,(H,26,27);1H. The van der Waals surface area contributed by atoms with E-state index in [1.807, 2.05) is 18.2 Å². The minimum Gasteiger partial charge on any atom is -0.355 e. The summed E-state index contributed by atoms with van der Waals surface area (Å²) in [6.45, 7) is 1.06. The van der Waals surface area contributed by atoms with Gasteiger partial charge in [0.05, 0.1) is 5.69 Å². The van der Waals surface area contributed by atoms with Gasteiger partial charge in [-0.1, -0.05) is 35.9 Å². The minimum atomic E-state index is 0. The van der Waals surface area contributed by atoms with Gasteiger partial charge in [0.1, 0.15) is 0 Å². The molecule has 0 bridgehead atoms. The molecule has 152 valence electrons. The summed E-state index contributed by atoms with van der Waals surface area (Å²) >= 11 is 6.20. The van der Waals surface area contributed by atoms with Crippen molar-refractivity contribution in [2.24, 2.45) is 0 Å². The number of halogens is 2. The normalized spacial score (nSPS) is 12.6. The van der Waals surface area contributed by atoms with Crippen molar-refractivity contribution in [2.45, 2.75) is 25.7 Å². The average molecular weight is 428 g/mol. The number of nitrogens with zero attached hydrogens (tertiary/aromatic N) is 2. The van der Waals surface area contributed by atoms with E-state index in [2.05, 4.69) is 60.7 Å². The van der Waals surface area contributed by atoms with E-state index < -0.39 is 0 Å². The number of likely N-dealkylation sites (N-methyl/N-ethyl adjacent to an activating group) is 1. The summed E-state index contributed by atoms with van der Waals surface area (Å²) < 4.78 is 0. The molecule has 0 saturated heterocycles. The maximum atomic E-state index is 6.20. The molecule has 0 radical (unpaired) electrons. The number of anilines is 2. The molecular formula is C24H27Cl2N3. The van der Waals surface area contributed by atoms with E-state index in [1.165, 1.54) is 28.9 Å². The van der Waals surface area contributed by atoms with Gasteiger partial charge < -0.3 is 10.2 Å². The number of pyridine rings is 1. The summed E-state index contributed by atoms with van der Waals surface area (Å²) in [7, 11) is 4.22. The van der Waals surface area contributed by atoms with Crippen LogP contribution >= 0.6 is 24.0 Å². The lowest BCUT2D eigenvalue weighted by Crippen LogP contribution is -2.14. The van der Waals surface area contributed by atoms with Crippen LogP contribution in [-0.4, -0.2) is 30.5 Å². The molecule has 1 N–H and O–H groups in total. The van der Waals surface area contributed by atoms with Crippen molar-refractivity contribution in [2.75, 3.05) is 26.0 Å². The Labute approximate surface area is 184 Å². The molecule has 1 aromatic heterocycles.